The van der Waals surface area contributed by atoms with E-state index in [1.54, 1.807) is 11.3 Å². The standard InChI is InChI=1S/C8H13N3S/c1-6(2)5-11(4)8-10-9-7(3)12-8/h1,5H2,2-4H3. The second kappa shape index (κ2) is 3.67. The van der Waals surface area contributed by atoms with Crippen LogP contribution in [-0.2, 0) is 0 Å². The monoisotopic (exact) mass is 183 g/mol. The normalized spacial score (nSPS) is 9.92. The van der Waals surface area contributed by atoms with Crippen LogP contribution in [0.1, 0.15) is 11.9 Å². The lowest BCUT2D eigenvalue weighted by atomic mass is 10.3. The molecular formula is C8H13N3S. The molecule has 0 fully saturated rings. The van der Waals surface area contributed by atoms with Crippen molar-refractivity contribution in [1.82, 2.24) is 10.2 Å². The first-order valence-corrected chi connectivity index (χ1v) is 4.57. The second-order valence-corrected chi connectivity index (χ2v) is 4.08. The lowest BCUT2D eigenvalue weighted by molar-refractivity contribution is 0.936. The Hall–Kier alpha value is -0.900. The van der Waals surface area contributed by atoms with Gasteiger partial charge >= 0.3 is 0 Å². The Kier molecular flexibility index (Phi) is 2.81. The van der Waals surface area contributed by atoms with Crippen LogP contribution in [0.4, 0.5) is 5.13 Å². The molecular weight excluding hydrogens is 170 g/mol. The van der Waals surface area contributed by atoms with Crippen molar-refractivity contribution in [1.29, 1.82) is 0 Å². The van der Waals surface area contributed by atoms with E-state index in [9.17, 15) is 0 Å². The lowest BCUT2D eigenvalue weighted by Gasteiger charge is -2.13. The van der Waals surface area contributed by atoms with Crippen LogP contribution < -0.4 is 4.90 Å². The van der Waals surface area contributed by atoms with E-state index in [1.165, 1.54) is 0 Å². The van der Waals surface area contributed by atoms with Crippen LogP contribution in [-0.4, -0.2) is 23.8 Å². The molecule has 0 saturated heterocycles. The van der Waals surface area contributed by atoms with Gasteiger partial charge in [0, 0.05) is 13.6 Å². The van der Waals surface area contributed by atoms with E-state index in [0.29, 0.717) is 0 Å². The van der Waals surface area contributed by atoms with Gasteiger partial charge in [-0.15, -0.1) is 10.2 Å². The van der Waals surface area contributed by atoms with E-state index >= 15 is 0 Å². The number of hydrogen-bond acceptors (Lipinski definition) is 4. The highest BCUT2D eigenvalue weighted by Gasteiger charge is 2.05. The minimum atomic E-state index is 0.842. The van der Waals surface area contributed by atoms with Crippen molar-refractivity contribution < 1.29 is 0 Å². The maximum absolute atomic E-state index is 4.02. The predicted octanol–water partition coefficient (Wildman–Crippen LogP) is 1.86. The van der Waals surface area contributed by atoms with E-state index in [4.69, 9.17) is 0 Å². The zero-order chi connectivity index (χ0) is 9.14. The predicted molar refractivity (Wildman–Crippen MR) is 52.7 cm³/mol. The van der Waals surface area contributed by atoms with Crippen LogP contribution in [0, 0.1) is 6.92 Å². The van der Waals surface area contributed by atoms with Gasteiger partial charge in [-0.05, 0) is 13.8 Å². The fraction of sp³-hybridized carbons (Fsp3) is 0.500. The first-order valence-electron chi connectivity index (χ1n) is 3.75. The maximum Gasteiger partial charge on any atom is 0.208 e. The van der Waals surface area contributed by atoms with Crippen LogP contribution in [0.5, 0.6) is 0 Å². The molecule has 0 N–H and O–H groups in total. The Labute approximate surface area is 76.7 Å². The number of aryl methyl sites for hydroxylation is 1. The summed E-state index contributed by atoms with van der Waals surface area (Å²) < 4.78 is 0. The maximum atomic E-state index is 4.02. The number of rotatable bonds is 3. The first kappa shape index (κ1) is 9.19. The largest absolute Gasteiger partial charge is 0.346 e. The minimum absolute atomic E-state index is 0.842. The average Bonchev–Trinajstić information content (AvgIpc) is 2.34. The van der Waals surface area contributed by atoms with Crippen LogP contribution in [0.2, 0.25) is 0 Å². The summed E-state index contributed by atoms with van der Waals surface area (Å²) in [6.45, 7) is 8.64. The van der Waals surface area contributed by atoms with Crippen molar-refractivity contribution in [3.63, 3.8) is 0 Å². The van der Waals surface area contributed by atoms with Crippen molar-refractivity contribution >= 4 is 16.5 Å². The Morgan fingerprint density at radius 2 is 2.25 bits per heavy atom. The van der Waals surface area contributed by atoms with Crippen molar-refractivity contribution in [3.05, 3.63) is 17.2 Å². The molecule has 1 aromatic rings. The Bertz CT molecular complexity index is 280. The van der Waals surface area contributed by atoms with Crippen LogP contribution in [0.25, 0.3) is 0 Å². The molecule has 0 spiro atoms. The smallest absolute Gasteiger partial charge is 0.208 e. The molecule has 1 rings (SSSR count). The van der Waals surface area contributed by atoms with Crippen LogP contribution in [0.3, 0.4) is 0 Å². The number of hydrogen-bond donors (Lipinski definition) is 0. The zero-order valence-corrected chi connectivity index (χ0v) is 8.48. The molecule has 4 heteroatoms. The Morgan fingerprint density at radius 1 is 1.58 bits per heavy atom. The quantitative estimate of drug-likeness (QED) is 0.670. The summed E-state index contributed by atoms with van der Waals surface area (Å²) in [5.74, 6) is 0. The molecule has 1 heterocycles. The van der Waals surface area contributed by atoms with E-state index in [-0.39, 0.29) is 0 Å². The highest BCUT2D eigenvalue weighted by atomic mass is 32.1. The molecule has 3 nitrogen and oxygen atoms in total. The highest BCUT2D eigenvalue weighted by Crippen LogP contribution is 2.18. The van der Waals surface area contributed by atoms with Gasteiger partial charge < -0.3 is 4.90 Å². The van der Waals surface area contributed by atoms with Gasteiger partial charge in [0.2, 0.25) is 5.13 Å². The molecule has 0 bridgehead atoms. The summed E-state index contributed by atoms with van der Waals surface area (Å²) in [6, 6.07) is 0. The third-order valence-electron chi connectivity index (χ3n) is 1.35. The van der Waals surface area contributed by atoms with Gasteiger partial charge in [-0.3, -0.25) is 0 Å². The minimum Gasteiger partial charge on any atom is -0.346 e. The van der Waals surface area contributed by atoms with Gasteiger partial charge in [-0.25, -0.2) is 0 Å². The summed E-state index contributed by atoms with van der Waals surface area (Å²) >= 11 is 1.60. The molecule has 12 heavy (non-hydrogen) atoms. The van der Waals surface area contributed by atoms with Gasteiger partial charge in [0.1, 0.15) is 5.01 Å². The van der Waals surface area contributed by atoms with E-state index in [0.717, 1.165) is 22.3 Å². The summed E-state index contributed by atoms with van der Waals surface area (Å²) in [5, 5.41) is 9.92. The van der Waals surface area contributed by atoms with E-state index in [1.807, 2.05) is 25.8 Å². The summed E-state index contributed by atoms with van der Waals surface area (Å²) in [5.41, 5.74) is 1.13. The van der Waals surface area contributed by atoms with Gasteiger partial charge in [0.05, 0.1) is 0 Å². The van der Waals surface area contributed by atoms with E-state index in [2.05, 4.69) is 16.8 Å². The second-order valence-electron chi connectivity index (χ2n) is 2.92. The number of nitrogens with zero attached hydrogens (tertiary/aromatic N) is 3. The molecule has 0 aromatic carbocycles. The number of anilines is 1. The summed E-state index contributed by atoms with van der Waals surface area (Å²) in [7, 11) is 1.99. The lowest BCUT2D eigenvalue weighted by Crippen LogP contribution is -2.18. The molecule has 0 unspecified atom stereocenters. The molecule has 1 aromatic heterocycles. The van der Waals surface area contributed by atoms with Crippen LogP contribution in [0.15, 0.2) is 12.2 Å². The van der Waals surface area contributed by atoms with Crippen molar-refractivity contribution in [2.45, 2.75) is 13.8 Å². The summed E-state index contributed by atoms with van der Waals surface area (Å²) in [6.07, 6.45) is 0. The number of likely N-dealkylation sites (N-methyl/N-ethyl adjacent to an activating group) is 1. The third kappa shape index (κ3) is 2.30. The Balaban J connectivity index is 2.64. The Morgan fingerprint density at radius 3 is 2.67 bits per heavy atom. The summed E-state index contributed by atoms with van der Waals surface area (Å²) in [4.78, 5) is 2.05. The van der Waals surface area contributed by atoms with E-state index < -0.39 is 0 Å². The SMILES string of the molecule is C=C(C)CN(C)c1nnc(C)s1. The molecule has 0 aliphatic heterocycles. The van der Waals surface area contributed by atoms with Gasteiger partial charge in [0.25, 0.3) is 0 Å². The van der Waals surface area contributed by atoms with Gasteiger partial charge in [0.15, 0.2) is 0 Å². The highest BCUT2D eigenvalue weighted by molar-refractivity contribution is 7.15. The number of aromatic nitrogens is 2. The fourth-order valence-corrected chi connectivity index (χ4v) is 1.56. The van der Waals surface area contributed by atoms with Gasteiger partial charge in [-0.2, -0.15) is 0 Å². The van der Waals surface area contributed by atoms with Crippen molar-refractivity contribution in [2.24, 2.45) is 0 Å². The van der Waals surface area contributed by atoms with Gasteiger partial charge in [-0.1, -0.05) is 23.5 Å². The topological polar surface area (TPSA) is 29.0 Å². The molecule has 0 aliphatic rings. The first-order chi connectivity index (χ1) is 5.59. The molecule has 0 radical (unpaired) electrons. The molecule has 0 aliphatic carbocycles. The van der Waals surface area contributed by atoms with Crippen molar-refractivity contribution in [2.75, 3.05) is 18.5 Å². The van der Waals surface area contributed by atoms with Crippen LogP contribution >= 0.6 is 11.3 Å². The fourth-order valence-electron chi connectivity index (χ4n) is 0.913. The third-order valence-corrected chi connectivity index (χ3v) is 2.30. The molecule has 0 atom stereocenters. The average molecular weight is 183 g/mol. The zero-order valence-electron chi connectivity index (χ0n) is 7.66. The van der Waals surface area contributed by atoms with Crippen molar-refractivity contribution in [3.8, 4) is 0 Å². The molecule has 0 amide bonds. The molecule has 66 valence electrons. The molecule has 0 saturated carbocycles.